The van der Waals surface area contributed by atoms with Gasteiger partial charge < -0.3 is 4.74 Å². The number of hydrogen-bond donors (Lipinski definition) is 0. The summed E-state index contributed by atoms with van der Waals surface area (Å²) in [5.41, 5.74) is -0.254. The molecular weight excluding hydrogens is 246 g/mol. The number of para-hydroxylation sites is 1. The molecule has 0 aliphatic carbocycles. The molecule has 0 N–H and O–H groups in total. The van der Waals surface area contributed by atoms with Gasteiger partial charge in [0.15, 0.2) is 0 Å². The Morgan fingerprint density at radius 3 is 2.50 bits per heavy atom. The van der Waals surface area contributed by atoms with Crippen molar-refractivity contribution in [1.82, 2.24) is 4.98 Å². The van der Waals surface area contributed by atoms with Gasteiger partial charge in [-0.15, -0.1) is 0 Å². The van der Waals surface area contributed by atoms with Crippen molar-refractivity contribution in [3.05, 3.63) is 65.0 Å². The molecule has 0 fully saturated rings. The van der Waals surface area contributed by atoms with E-state index in [1.54, 1.807) is 6.07 Å². The van der Waals surface area contributed by atoms with Crippen LogP contribution in [0.15, 0.2) is 59.4 Å². The molecule has 0 bridgehead atoms. The van der Waals surface area contributed by atoms with Crippen molar-refractivity contribution in [2.75, 3.05) is 0 Å². The van der Waals surface area contributed by atoms with Crippen molar-refractivity contribution in [1.29, 1.82) is 0 Å². The second-order valence-electron chi connectivity index (χ2n) is 3.70. The zero-order valence-electron chi connectivity index (χ0n) is 9.37. The molecule has 1 heterocycles. The monoisotopic (exact) mass is 255 g/mol. The minimum atomic E-state index is -0.254. The van der Waals surface area contributed by atoms with E-state index in [2.05, 4.69) is 4.98 Å². The number of fused-ring (bicyclic) bond motifs is 1. The Labute approximate surface area is 107 Å². The van der Waals surface area contributed by atoms with E-state index in [1.165, 1.54) is 11.3 Å². The van der Waals surface area contributed by atoms with Crippen LogP contribution in [-0.2, 0) is 0 Å². The van der Waals surface area contributed by atoms with Crippen molar-refractivity contribution in [2.24, 2.45) is 0 Å². The molecule has 0 saturated carbocycles. The van der Waals surface area contributed by atoms with Crippen LogP contribution in [0.25, 0.3) is 10.1 Å². The Morgan fingerprint density at radius 1 is 0.944 bits per heavy atom. The first-order chi connectivity index (χ1) is 8.83. The van der Waals surface area contributed by atoms with E-state index in [1.807, 2.05) is 48.5 Å². The lowest BCUT2D eigenvalue weighted by atomic mass is 10.3. The number of aromatic nitrogens is 1. The molecule has 0 aliphatic heterocycles. The molecule has 88 valence electrons. The van der Waals surface area contributed by atoms with E-state index in [4.69, 9.17) is 4.74 Å². The topological polar surface area (TPSA) is 39.2 Å². The average Bonchev–Trinajstić information content (AvgIpc) is 2.40. The lowest BCUT2D eigenvalue weighted by molar-refractivity contribution is 0.476. The van der Waals surface area contributed by atoms with E-state index < -0.39 is 0 Å². The van der Waals surface area contributed by atoms with Crippen LogP contribution < -0.4 is 10.3 Å². The Balaban J connectivity index is 2.06. The molecule has 0 radical (unpaired) electrons. The molecule has 3 nitrogen and oxygen atoms in total. The van der Waals surface area contributed by atoms with E-state index in [0.29, 0.717) is 16.3 Å². The van der Waals surface area contributed by atoms with E-state index in [0.717, 1.165) is 4.70 Å². The highest BCUT2D eigenvalue weighted by molar-refractivity contribution is 7.19. The Morgan fingerprint density at radius 2 is 1.67 bits per heavy atom. The van der Waals surface area contributed by atoms with Gasteiger partial charge >= 0.3 is 0 Å². The lowest BCUT2D eigenvalue weighted by Gasteiger charge is -2.03. The first-order valence-corrected chi connectivity index (χ1v) is 6.27. The second kappa shape index (κ2) is 4.58. The van der Waals surface area contributed by atoms with Crippen LogP contribution in [0.4, 0.5) is 0 Å². The molecule has 0 spiro atoms. The minimum absolute atomic E-state index is 0.254. The standard InChI is InChI=1S/C14H9NO2S/c16-13-11-8-4-5-9-12(11)18-14(15-13)17-10-6-2-1-3-7-10/h1-9H. The van der Waals surface area contributed by atoms with Gasteiger partial charge in [0.2, 0.25) is 0 Å². The van der Waals surface area contributed by atoms with Gasteiger partial charge in [0.1, 0.15) is 5.75 Å². The van der Waals surface area contributed by atoms with Gasteiger partial charge in [-0.3, -0.25) is 4.79 Å². The van der Waals surface area contributed by atoms with Gasteiger partial charge in [0, 0.05) is 4.70 Å². The molecule has 0 unspecified atom stereocenters. The van der Waals surface area contributed by atoms with E-state index in [-0.39, 0.29) is 5.56 Å². The van der Waals surface area contributed by atoms with E-state index in [9.17, 15) is 4.79 Å². The van der Waals surface area contributed by atoms with Crippen LogP contribution in [0, 0.1) is 0 Å². The molecule has 0 saturated heterocycles. The van der Waals surface area contributed by atoms with Crippen LogP contribution in [0.2, 0.25) is 0 Å². The SMILES string of the molecule is O=c1nc(Oc2ccccc2)sc2ccccc12. The van der Waals surface area contributed by atoms with Gasteiger partial charge in [-0.2, -0.15) is 4.98 Å². The third-order valence-electron chi connectivity index (χ3n) is 2.46. The maximum Gasteiger partial charge on any atom is 0.282 e. The van der Waals surface area contributed by atoms with Crippen molar-refractivity contribution in [2.45, 2.75) is 0 Å². The Hall–Kier alpha value is -2.20. The first-order valence-electron chi connectivity index (χ1n) is 5.46. The maximum absolute atomic E-state index is 11.8. The summed E-state index contributed by atoms with van der Waals surface area (Å²) in [5.74, 6) is 0.677. The molecule has 18 heavy (non-hydrogen) atoms. The van der Waals surface area contributed by atoms with Crippen LogP contribution in [0.1, 0.15) is 0 Å². The summed E-state index contributed by atoms with van der Waals surface area (Å²) in [7, 11) is 0. The summed E-state index contributed by atoms with van der Waals surface area (Å²) in [6.45, 7) is 0. The van der Waals surface area contributed by atoms with Crippen molar-refractivity contribution in [3.8, 4) is 10.9 Å². The number of nitrogens with zero attached hydrogens (tertiary/aromatic N) is 1. The van der Waals surface area contributed by atoms with Gasteiger partial charge in [-0.05, 0) is 24.3 Å². The normalized spacial score (nSPS) is 10.4. The number of hydrogen-bond acceptors (Lipinski definition) is 4. The smallest absolute Gasteiger partial charge is 0.282 e. The molecule has 3 rings (SSSR count). The molecule has 0 aliphatic rings. The Kier molecular flexibility index (Phi) is 2.78. The quantitative estimate of drug-likeness (QED) is 0.704. The molecule has 1 aromatic heterocycles. The summed E-state index contributed by atoms with van der Waals surface area (Å²) in [6.07, 6.45) is 0. The maximum atomic E-state index is 11.8. The number of rotatable bonds is 2. The third kappa shape index (κ3) is 2.10. The molecule has 3 aromatic rings. The fourth-order valence-electron chi connectivity index (χ4n) is 1.63. The average molecular weight is 255 g/mol. The van der Waals surface area contributed by atoms with Gasteiger partial charge in [-0.25, -0.2) is 0 Å². The molecular formula is C14H9NO2S. The van der Waals surface area contributed by atoms with Gasteiger partial charge in [0.05, 0.1) is 5.39 Å². The number of benzene rings is 2. The molecule has 2 aromatic carbocycles. The summed E-state index contributed by atoms with van der Waals surface area (Å²) in [6, 6.07) is 16.7. The van der Waals surface area contributed by atoms with Crippen LogP contribution in [0.3, 0.4) is 0 Å². The highest BCUT2D eigenvalue weighted by atomic mass is 32.1. The first kappa shape index (κ1) is 10.9. The van der Waals surface area contributed by atoms with Crippen molar-refractivity contribution < 1.29 is 4.74 Å². The molecule has 0 atom stereocenters. The van der Waals surface area contributed by atoms with Crippen molar-refractivity contribution >= 4 is 21.4 Å². The fraction of sp³-hybridized carbons (Fsp3) is 0. The van der Waals surface area contributed by atoms with E-state index >= 15 is 0 Å². The summed E-state index contributed by atoms with van der Waals surface area (Å²) in [5, 5.41) is 0.993. The summed E-state index contributed by atoms with van der Waals surface area (Å²) in [4.78, 5) is 15.7. The minimum Gasteiger partial charge on any atom is -0.431 e. The second-order valence-corrected chi connectivity index (χ2v) is 4.69. The third-order valence-corrected chi connectivity index (χ3v) is 3.38. The highest BCUT2D eigenvalue weighted by Crippen LogP contribution is 2.26. The lowest BCUT2D eigenvalue weighted by Crippen LogP contribution is -2.05. The zero-order valence-corrected chi connectivity index (χ0v) is 10.2. The van der Waals surface area contributed by atoms with Crippen LogP contribution in [-0.4, -0.2) is 4.98 Å². The van der Waals surface area contributed by atoms with Crippen LogP contribution >= 0.6 is 11.3 Å². The fourth-order valence-corrected chi connectivity index (χ4v) is 2.49. The Bertz CT molecular complexity index is 737. The summed E-state index contributed by atoms with van der Waals surface area (Å²) < 4.78 is 6.45. The number of ether oxygens (including phenoxy) is 1. The molecule has 0 amide bonds. The predicted octanol–water partition coefficient (Wildman–Crippen LogP) is 3.45. The largest absolute Gasteiger partial charge is 0.431 e. The zero-order chi connectivity index (χ0) is 12.4. The van der Waals surface area contributed by atoms with Gasteiger partial charge in [0.25, 0.3) is 10.8 Å². The van der Waals surface area contributed by atoms with Gasteiger partial charge in [-0.1, -0.05) is 41.7 Å². The highest BCUT2D eigenvalue weighted by Gasteiger charge is 2.05. The predicted molar refractivity (Wildman–Crippen MR) is 72.4 cm³/mol. The van der Waals surface area contributed by atoms with Crippen molar-refractivity contribution in [3.63, 3.8) is 0 Å². The summed E-state index contributed by atoms with van der Waals surface area (Å²) >= 11 is 1.36. The molecule has 4 heteroatoms. The van der Waals surface area contributed by atoms with Crippen LogP contribution in [0.5, 0.6) is 10.9 Å².